The smallest absolute Gasteiger partial charge is 0.132 e. The summed E-state index contributed by atoms with van der Waals surface area (Å²) in [6, 6.07) is 13.6. The molecule has 2 aromatic rings. The minimum Gasteiger partial charge on any atom is -0.384 e. The Morgan fingerprint density at radius 2 is 1.88 bits per heavy atom. The van der Waals surface area contributed by atoms with Gasteiger partial charge in [-0.05, 0) is 24.3 Å². The molecule has 1 aromatic heterocycles. The van der Waals surface area contributed by atoms with E-state index in [1.807, 2.05) is 48.3 Å². The van der Waals surface area contributed by atoms with Crippen LogP contribution in [0.3, 0.4) is 0 Å². The lowest BCUT2D eigenvalue weighted by atomic mass is 10.2. The molecule has 86 valence electrons. The van der Waals surface area contributed by atoms with Crippen LogP contribution >= 0.6 is 0 Å². The fourth-order valence-electron chi connectivity index (χ4n) is 1.53. The number of aromatic nitrogens is 1. The van der Waals surface area contributed by atoms with Gasteiger partial charge in [0.15, 0.2) is 0 Å². The van der Waals surface area contributed by atoms with Crippen molar-refractivity contribution >= 4 is 17.3 Å². The van der Waals surface area contributed by atoms with E-state index in [1.54, 1.807) is 12.3 Å². The number of nitrogens with zero attached hydrogens (tertiary/aromatic N) is 2. The number of nitrogens with one attached hydrogen (secondary N) is 1. The Balaban J connectivity index is 2.26. The number of nitrogens with two attached hydrogens (primary N) is 1. The summed E-state index contributed by atoms with van der Waals surface area (Å²) in [5, 5.41) is 7.30. The quantitative estimate of drug-likeness (QED) is 0.622. The fraction of sp³-hybridized carbons (Fsp3) is 0.0769. The molecule has 0 spiro atoms. The van der Waals surface area contributed by atoms with Crippen molar-refractivity contribution in [2.45, 2.75) is 0 Å². The van der Waals surface area contributed by atoms with Gasteiger partial charge in [0.05, 0.1) is 0 Å². The number of rotatable bonds is 3. The summed E-state index contributed by atoms with van der Waals surface area (Å²) in [6.07, 6.45) is 1.61. The largest absolute Gasteiger partial charge is 0.384 e. The zero-order chi connectivity index (χ0) is 12.3. The van der Waals surface area contributed by atoms with Gasteiger partial charge in [-0.3, -0.25) is 5.41 Å². The molecule has 0 amide bonds. The minimum atomic E-state index is 0.0337. The highest BCUT2D eigenvalue weighted by atomic mass is 15.2. The zero-order valence-electron chi connectivity index (χ0n) is 9.59. The molecule has 2 rings (SSSR count). The van der Waals surface area contributed by atoms with Gasteiger partial charge in [0, 0.05) is 24.5 Å². The third-order valence-corrected chi connectivity index (χ3v) is 2.55. The Labute approximate surface area is 100 Å². The van der Waals surface area contributed by atoms with Crippen LogP contribution in [0.25, 0.3) is 0 Å². The van der Waals surface area contributed by atoms with Gasteiger partial charge in [-0.2, -0.15) is 0 Å². The maximum atomic E-state index is 7.30. The van der Waals surface area contributed by atoms with E-state index >= 15 is 0 Å². The van der Waals surface area contributed by atoms with E-state index in [4.69, 9.17) is 11.1 Å². The molecule has 0 aliphatic rings. The molecule has 0 saturated carbocycles. The third-order valence-electron chi connectivity index (χ3n) is 2.55. The monoisotopic (exact) mass is 226 g/mol. The van der Waals surface area contributed by atoms with Crippen molar-refractivity contribution in [2.75, 3.05) is 11.9 Å². The molecular weight excluding hydrogens is 212 g/mol. The van der Waals surface area contributed by atoms with Crippen molar-refractivity contribution < 1.29 is 0 Å². The van der Waals surface area contributed by atoms with Gasteiger partial charge in [0.25, 0.3) is 0 Å². The average Bonchev–Trinajstić information content (AvgIpc) is 2.39. The molecule has 3 N–H and O–H groups in total. The first kappa shape index (κ1) is 11.1. The highest BCUT2D eigenvalue weighted by Gasteiger charge is 2.05. The summed E-state index contributed by atoms with van der Waals surface area (Å²) in [5.41, 5.74) is 7.08. The fourth-order valence-corrected chi connectivity index (χ4v) is 1.53. The molecule has 0 saturated heterocycles. The van der Waals surface area contributed by atoms with Gasteiger partial charge in [0.1, 0.15) is 11.7 Å². The number of hydrogen-bond donors (Lipinski definition) is 2. The number of pyridine rings is 1. The van der Waals surface area contributed by atoms with E-state index in [2.05, 4.69) is 4.98 Å². The standard InChI is InChI=1S/C13H14N4/c1-17(11-5-3-2-4-6-11)12-8-7-10(9-16-12)13(14)15/h2-9H,1H3,(H3,14,15). The Morgan fingerprint density at radius 3 is 2.41 bits per heavy atom. The Kier molecular flexibility index (Phi) is 3.05. The number of para-hydroxylation sites is 1. The Morgan fingerprint density at radius 1 is 1.18 bits per heavy atom. The summed E-state index contributed by atoms with van der Waals surface area (Å²) in [7, 11) is 1.95. The summed E-state index contributed by atoms with van der Waals surface area (Å²) in [6.45, 7) is 0. The molecule has 17 heavy (non-hydrogen) atoms. The predicted octanol–water partition coefficient (Wildman–Crippen LogP) is 2.13. The van der Waals surface area contributed by atoms with Crippen LogP contribution in [0.5, 0.6) is 0 Å². The molecule has 1 aromatic carbocycles. The topological polar surface area (TPSA) is 66.0 Å². The first-order chi connectivity index (χ1) is 8.18. The normalized spacial score (nSPS) is 9.94. The van der Waals surface area contributed by atoms with E-state index in [9.17, 15) is 0 Å². The molecule has 0 aliphatic heterocycles. The maximum absolute atomic E-state index is 7.30. The van der Waals surface area contributed by atoms with Gasteiger partial charge in [-0.25, -0.2) is 4.98 Å². The number of anilines is 2. The van der Waals surface area contributed by atoms with Gasteiger partial charge < -0.3 is 10.6 Å². The first-order valence-electron chi connectivity index (χ1n) is 5.27. The summed E-state index contributed by atoms with van der Waals surface area (Å²) in [4.78, 5) is 6.26. The molecule has 4 heteroatoms. The second kappa shape index (κ2) is 4.65. The minimum absolute atomic E-state index is 0.0337. The molecular formula is C13H14N4. The summed E-state index contributed by atoms with van der Waals surface area (Å²) < 4.78 is 0. The van der Waals surface area contributed by atoms with Crippen LogP contribution in [-0.4, -0.2) is 17.9 Å². The van der Waals surface area contributed by atoms with Crippen molar-refractivity contribution in [1.29, 1.82) is 5.41 Å². The van der Waals surface area contributed by atoms with Crippen molar-refractivity contribution in [3.8, 4) is 0 Å². The van der Waals surface area contributed by atoms with Crippen molar-refractivity contribution in [3.63, 3.8) is 0 Å². The van der Waals surface area contributed by atoms with Crippen molar-refractivity contribution in [1.82, 2.24) is 4.98 Å². The van der Waals surface area contributed by atoms with Gasteiger partial charge in [-0.15, -0.1) is 0 Å². The molecule has 0 bridgehead atoms. The lowest BCUT2D eigenvalue weighted by molar-refractivity contribution is 1.12. The summed E-state index contributed by atoms with van der Waals surface area (Å²) in [5.74, 6) is 0.854. The Bertz CT molecular complexity index is 505. The SMILES string of the molecule is CN(c1ccccc1)c1ccc(C(=N)N)cn1. The van der Waals surface area contributed by atoms with E-state index in [0.717, 1.165) is 11.5 Å². The van der Waals surface area contributed by atoms with Gasteiger partial charge in [-0.1, -0.05) is 18.2 Å². The van der Waals surface area contributed by atoms with E-state index in [0.29, 0.717) is 5.56 Å². The Hall–Kier alpha value is -2.36. The average molecular weight is 226 g/mol. The van der Waals surface area contributed by atoms with Crippen molar-refractivity contribution in [3.05, 3.63) is 54.2 Å². The third kappa shape index (κ3) is 2.42. The zero-order valence-corrected chi connectivity index (χ0v) is 9.59. The second-order valence-corrected chi connectivity index (χ2v) is 3.71. The summed E-state index contributed by atoms with van der Waals surface area (Å²) >= 11 is 0. The first-order valence-corrected chi connectivity index (χ1v) is 5.27. The molecule has 0 aliphatic carbocycles. The number of hydrogen-bond acceptors (Lipinski definition) is 3. The molecule has 0 radical (unpaired) electrons. The highest BCUT2D eigenvalue weighted by molar-refractivity contribution is 5.94. The van der Waals surface area contributed by atoms with Crippen molar-refractivity contribution in [2.24, 2.45) is 5.73 Å². The molecule has 4 nitrogen and oxygen atoms in total. The molecule has 0 unspecified atom stereocenters. The predicted molar refractivity (Wildman–Crippen MR) is 69.8 cm³/mol. The van der Waals surface area contributed by atoms with Crippen LogP contribution in [-0.2, 0) is 0 Å². The maximum Gasteiger partial charge on any atom is 0.132 e. The van der Waals surface area contributed by atoms with Crippen LogP contribution in [0.15, 0.2) is 48.7 Å². The lowest BCUT2D eigenvalue weighted by Crippen LogP contribution is -2.14. The van der Waals surface area contributed by atoms with E-state index in [1.165, 1.54) is 0 Å². The van der Waals surface area contributed by atoms with Crippen LogP contribution in [0.4, 0.5) is 11.5 Å². The highest BCUT2D eigenvalue weighted by Crippen LogP contribution is 2.20. The van der Waals surface area contributed by atoms with E-state index in [-0.39, 0.29) is 5.84 Å². The molecule has 0 fully saturated rings. The number of benzene rings is 1. The number of nitrogen functional groups attached to an aromatic ring is 1. The van der Waals surface area contributed by atoms with Crippen LogP contribution in [0.2, 0.25) is 0 Å². The van der Waals surface area contributed by atoms with Gasteiger partial charge >= 0.3 is 0 Å². The van der Waals surface area contributed by atoms with Crippen LogP contribution < -0.4 is 10.6 Å². The van der Waals surface area contributed by atoms with Crippen LogP contribution in [0, 0.1) is 5.41 Å². The van der Waals surface area contributed by atoms with Gasteiger partial charge in [0.2, 0.25) is 0 Å². The molecule has 0 atom stereocenters. The molecule has 1 heterocycles. The van der Waals surface area contributed by atoms with E-state index < -0.39 is 0 Å². The second-order valence-electron chi connectivity index (χ2n) is 3.71. The van der Waals surface area contributed by atoms with Crippen LogP contribution in [0.1, 0.15) is 5.56 Å². The number of amidine groups is 1. The lowest BCUT2D eigenvalue weighted by Gasteiger charge is -2.18.